The van der Waals surface area contributed by atoms with Crippen molar-refractivity contribution >= 4 is 23.2 Å². The molecule has 0 spiro atoms. The third-order valence-corrected chi connectivity index (χ3v) is 3.75. The van der Waals surface area contributed by atoms with Gasteiger partial charge in [-0.25, -0.2) is 0 Å². The summed E-state index contributed by atoms with van der Waals surface area (Å²) in [5, 5.41) is 2.00. The molecule has 0 N–H and O–H groups in total. The molecule has 0 saturated carbocycles. The average molecular weight is 268 g/mol. The van der Waals surface area contributed by atoms with Crippen LogP contribution in [0.15, 0.2) is 66.6 Å². The Bertz CT molecular complexity index is 552. The molecule has 19 heavy (non-hydrogen) atoms. The Labute approximate surface area is 117 Å². The van der Waals surface area contributed by atoms with Crippen molar-refractivity contribution in [2.45, 2.75) is 12.3 Å². The lowest BCUT2D eigenvalue weighted by atomic mass is 9.94. The fourth-order valence-electron chi connectivity index (χ4n) is 1.88. The Morgan fingerprint density at radius 1 is 1.21 bits per heavy atom. The maximum Gasteiger partial charge on any atom is 0.156 e. The number of benzene rings is 1. The van der Waals surface area contributed by atoms with E-state index in [1.54, 1.807) is 17.4 Å². The summed E-state index contributed by atoms with van der Waals surface area (Å²) in [5.41, 5.74) is 1.13. The minimum atomic E-state index is 0.0849. The number of allylic oxidation sites excluding steroid dienone is 2. The molecule has 0 bridgehead atoms. The summed E-state index contributed by atoms with van der Waals surface area (Å²) in [6.45, 7) is 3.83. The second kappa shape index (κ2) is 6.86. The Morgan fingerprint density at radius 2 is 2.00 bits per heavy atom. The summed E-state index contributed by atoms with van der Waals surface area (Å²) >= 11 is 1.63. The van der Waals surface area contributed by atoms with Gasteiger partial charge in [0, 0.05) is 17.2 Å². The first kappa shape index (κ1) is 13.5. The third kappa shape index (κ3) is 4.04. The van der Waals surface area contributed by atoms with Gasteiger partial charge in [-0.05, 0) is 29.2 Å². The Kier molecular flexibility index (Phi) is 4.87. The summed E-state index contributed by atoms with van der Waals surface area (Å²) < 4.78 is 0. The van der Waals surface area contributed by atoms with Crippen LogP contribution >= 0.6 is 11.3 Å². The average Bonchev–Trinajstić information content (AvgIpc) is 2.97. The van der Waals surface area contributed by atoms with Gasteiger partial charge in [-0.15, -0.1) is 17.9 Å². The molecule has 0 radical (unpaired) electrons. The molecule has 2 heteroatoms. The normalized spacial score (nSPS) is 12.4. The van der Waals surface area contributed by atoms with E-state index < -0.39 is 0 Å². The predicted molar refractivity (Wildman–Crippen MR) is 82.4 cm³/mol. The van der Waals surface area contributed by atoms with E-state index in [1.165, 1.54) is 0 Å². The molecule has 0 saturated heterocycles. The molecule has 0 unspecified atom stereocenters. The molecule has 96 valence electrons. The molecule has 1 heterocycles. The summed E-state index contributed by atoms with van der Waals surface area (Å²) in [5.74, 6) is 0.212. The second-order valence-electron chi connectivity index (χ2n) is 4.27. The quantitative estimate of drug-likeness (QED) is 0.548. The van der Waals surface area contributed by atoms with Crippen LogP contribution in [-0.2, 0) is 4.79 Å². The molecule has 0 fully saturated rings. The van der Waals surface area contributed by atoms with Gasteiger partial charge in [0.15, 0.2) is 5.78 Å². The minimum Gasteiger partial charge on any atom is -0.295 e. The summed E-state index contributed by atoms with van der Waals surface area (Å²) in [6, 6.07) is 14.0. The zero-order valence-corrected chi connectivity index (χ0v) is 11.5. The molecule has 1 nitrogen and oxygen atoms in total. The molecular formula is C17H16OS. The highest BCUT2D eigenvalue weighted by Crippen LogP contribution is 2.21. The third-order valence-electron chi connectivity index (χ3n) is 2.91. The number of carbonyl (C=O) groups is 1. The second-order valence-corrected chi connectivity index (χ2v) is 5.25. The molecule has 1 aromatic heterocycles. The van der Waals surface area contributed by atoms with E-state index in [1.807, 2.05) is 60.0 Å². The van der Waals surface area contributed by atoms with Crippen LogP contribution in [0.5, 0.6) is 0 Å². The first-order valence-electron chi connectivity index (χ1n) is 6.21. The van der Waals surface area contributed by atoms with Crippen LogP contribution in [-0.4, -0.2) is 5.78 Å². The molecule has 1 atom stereocenters. The first-order valence-corrected chi connectivity index (χ1v) is 7.09. The van der Waals surface area contributed by atoms with E-state index in [9.17, 15) is 4.79 Å². The molecule has 0 aliphatic rings. The van der Waals surface area contributed by atoms with Crippen LogP contribution in [0.2, 0.25) is 0 Å². The lowest BCUT2D eigenvalue weighted by molar-refractivity contribution is -0.114. The van der Waals surface area contributed by atoms with Gasteiger partial charge in [-0.3, -0.25) is 4.79 Å². The Hall–Kier alpha value is -1.93. The molecular weight excluding hydrogens is 252 g/mol. The highest BCUT2D eigenvalue weighted by molar-refractivity contribution is 7.10. The number of carbonyl (C=O) groups excluding carboxylic acids is 1. The number of rotatable bonds is 6. The van der Waals surface area contributed by atoms with Gasteiger partial charge in [0.1, 0.15) is 0 Å². The SMILES string of the molecule is C=C[C@@H](CC(=O)/C=C/c1cccs1)c1ccccc1. The van der Waals surface area contributed by atoms with Crippen LogP contribution in [0.3, 0.4) is 0 Å². The predicted octanol–water partition coefficient (Wildman–Crippen LogP) is 4.69. The van der Waals surface area contributed by atoms with Crippen LogP contribution in [0.25, 0.3) is 6.08 Å². The van der Waals surface area contributed by atoms with Gasteiger partial charge < -0.3 is 0 Å². The fourth-order valence-corrected chi connectivity index (χ4v) is 2.50. The molecule has 2 aromatic rings. The minimum absolute atomic E-state index is 0.0849. The number of ketones is 1. The van der Waals surface area contributed by atoms with Crippen molar-refractivity contribution in [3.05, 3.63) is 77.0 Å². The van der Waals surface area contributed by atoms with Crippen molar-refractivity contribution in [2.75, 3.05) is 0 Å². The maximum atomic E-state index is 12.0. The molecule has 0 amide bonds. The van der Waals surface area contributed by atoms with E-state index in [-0.39, 0.29) is 11.7 Å². The number of hydrogen-bond donors (Lipinski definition) is 0. The smallest absolute Gasteiger partial charge is 0.156 e. The summed E-state index contributed by atoms with van der Waals surface area (Å²) in [6.07, 6.45) is 5.84. The lowest BCUT2D eigenvalue weighted by Gasteiger charge is -2.10. The van der Waals surface area contributed by atoms with E-state index in [4.69, 9.17) is 0 Å². The highest BCUT2D eigenvalue weighted by atomic mass is 32.1. The Morgan fingerprint density at radius 3 is 2.63 bits per heavy atom. The standard InChI is InChI=1S/C17H16OS/c1-2-14(15-7-4-3-5-8-15)13-16(18)10-11-17-9-6-12-19-17/h2-12,14H,1,13H2/b11-10+/t14-/m0/s1. The van der Waals surface area contributed by atoms with Crippen molar-refractivity contribution in [3.8, 4) is 0 Å². The lowest BCUT2D eigenvalue weighted by Crippen LogP contribution is -2.02. The van der Waals surface area contributed by atoms with Crippen molar-refractivity contribution in [3.63, 3.8) is 0 Å². The monoisotopic (exact) mass is 268 g/mol. The largest absolute Gasteiger partial charge is 0.295 e. The molecule has 1 aromatic carbocycles. The van der Waals surface area contributed by atoms with Gasteiger partial charge in [-0.2, -0.15) is 0 Å². The summed E-state index contributed by atoms with van der Waals surface area (Å²) in [4.78, 5) is 13.1. The van der Waals surface area contributed by atoms with E-state index in [0.29, 0.717) is 6.42 Å². The van der Waals surface area contributed by atoms with Crippen LogP contribution in [0.1, 0.15) is 22.8 Å². The fraction of sp³-hybridized carbons (Fsp3) is 0.118. The van der Waals surface area contributed by atoms with Gasteiger partial charge >= 0.3 is 0 Å². The number of thiophene rings is 1. The van der Waals surface area contributed by atoms with Crippen LogP contribution in [0, 0.1) is 0 Å². The highest BCUT2D eigenvalue weighted by Gasteiger charge is 2.10. The molecule has 0 aliphatic heterocycles. The van der Waals surface area contributed by atoms with E-state index >= 15 is 0 Å². The molecule has 0 aliphatic carbocycles. The number of hydrogen-bond acceptors (Lipinski definition) is 2. The van der Waals surface area contributed by atoms with Crippen molar-refractivity contribution < 1.29 is 4.79 Å². The van der Waals surface area contributed by atoms with Crippen molar-refractivity contribution in [1.82, 2.24) is 0 Å². The summed E-state index contributed by atoms with van der Waals surface area (Å²) in [7, 11) is 0. The van der Waals surface area contributed by atoms with Gasteiger partial charge in [0.05, 0.1) is 0 Å². The van der Waals surface area contributed by atoms with Crippen molar-refractivity contribution in [2.24, 2.45) is 0 Å². The van der Waals surface area contributed by atoms with E-state index in [0.717, 1.165) is 10.4 Å². The zero-order valence-electron chi connectivity index (χ0n) is 10.7. The van der Waals surface area contributed by atoms with Gasteiger partial charge in [0.2, 0.25) is 0 Å². The molecule has 2 rings (SSSR count). The maximum absolute atomic E-state index is 12.0. The van der Waals surface area contributed by atoms with Gasteiger partial charge in [0.25, 0.3) is 0 Å². The van der Waals surface area contributed by atoms with Crippen LogP contribution in [0.4, 0.5) is 0 Å². The van der Waals surface area contributed by atoms with Crippen LogP contribution < -0.4 is 0 Å². The topological polar surface area (TPSA) is 17.1 Å². The first-order chi connectivity index (χ1) is 9.29. The van der Waals surface area contributed by atoms with Gasteiger partial charge in [-0.1, -0.05) is 42.5 Å². The van der Waals surface area contributed by atoms with E-state index in [2.05, 4.69) is 6.58 Å². The zero-order chi connectivity index (χ0) is 13.5. The Balaban J connectivity index is 1.99. The van der Waals surface area contributed by atoms with Crippen molar-refractivity contribution in [1.29, 1.82) is 0 Å².